The van der Waals surface area contributed by atoms with Crippen molar-refractivity contribution in [3.05, 3.63) is 155 Å². The summed E-state index contributed by atoms with van der Waals surface area (Å²) in [5.41, 5.74) is 14.3. The number of allylic oxidation sites excluding steroid dienone is 2. The third-order valence-electron chi connectivity index (χ3n) is 16.3. The summed E-state index contributed by atoms with van der Waals surface area (Å²) in [6.07, 6.45) is 20.3. The Hall–Kier alpha value is -1.54. The van der Waals surface area contributed by atoms with E-state index in [0.29, 0.717) is 10.8 Å². The van der Waals surface area contributed by atoms with E-state index in [-0.39, 0.29) is 7.25 Å². The number of benzene rings is 6. The van der Waals surface area contributed by atoms with Crippen LogP contribution in [0.5, 0.6) is 0 Å². The molecule has 0 bridgehead atoms. The van der Waals surface area contributed by atoms with Gasteiger partial charge in [-0.2, -0.15) is 0 Å². The number of rotatable bonds is 14. The van der Waals surface area contributed by atoms with Gasteiger partial charge in [0.1, 0.15) is 0 Å². The van der Waals surface area contributed by atoms with Crippen molar-refractivity contribution >= 4 is 77.3 Å². The molecule has 0 aliphatic heterocycles. The maximum absolute atomic E-state index is 8.09. The number of hydrogen-bond acceptors (Lipinski definition) is 0. The monoisotopic (exact) mass is 1080 g/mol. The van der Waals surface area contributed by atoms with Gasteiger partial charge in [0.05, 0.1) is 0 Å². The van der Waals surface area contributed by atoms with Crippen LogP contribution in [-0.4, -0.2) is 9.52 Å². The Morgan fingerprint density at radius 1 is 0.492 bits per heavy atom. The molecule has 7 heteroatoms. The maximum atomic E-state index is 8.09. The number of hydrogen-bond donors (Lipinski definition) is 0. The summed E-state index contributed by atoms with van der Waals surface area (Å²) >= 11 is -7.75. The van der Waals surface area contributed by atoms with Crippen LogP contribution in [-0.2, 0) is 35.8 Å². The Morgan fingerprint density at radius 3 is 1.29 bits per heavy atom. The SMILES string of the molecule is CCC1(CC2=Cc3c(-c4ccc5ccccc5c4)cccc3[CH]2[Zr]([Cl])([Cl])[CH2][SiH2][CH2][Zr]([Cl])([Cl])[CH]2C(CC3(CC)CCCC3)=Cc3c(-c4ccc5ccccc5c4)cccc32)CCCC1. The molecule has 2 unspecified atom stereocenters. The van der Waals surface area contributed by atoms with Gasteiger partial charge in [0, 0.05) is 0 Å². The van der Waals surface area contributed by atoms with E-state index in [1.54, 1.807) is 0 Å². The van der Waals surface area contributed by atoms with Crippen molar-refractivity contribution in [2.45, 2.75) is 106 Å². The summed E-state index contributed by atoms with van der Waals surface area (Å²) < 4.78 is 2.30. The van der Waals surface area contributed by atoms with Gasteiger partial charge in [-0.1, -0.05) is 0 Å². The van der Waals surface area contributed by atoms with Crippen LogP contribution in [0.15, 0.2) is 132 Å². The minimum atomic E-state index is -3.87. The average molecular weight is 1090 g/mol. The fourth-order valence-electron chi connectivity index (χ4n) is 12.7. The van der Waals surface area contributed by atoms with Crippen LogP contribution in [0, 0.1) is 10.8 Å². The van der Waals surface area contributed by atoms with Crippen molar-refractivity contribution in [3.8, 4) is 22.3 Å². The van der Waals surface area contributed by atoms with Crippen LogP contribution in [0.1, 0.15) is 120 Å². The first-order chi connectivity index (χ1) is 30.5. The number of halogens is 4. The van der Waals surface area contributed by atoms with Gasteiger partial charge in [0.15, 0.2) is 0 Å². The first-order valence-corrected chi connectivity index (χ1v) is 44.9. The van der Waals surface area contributed by atoms with Crippen molar-refractivity contribution in [1.29, 1.82) is 0 Å². The van der Waals surface area contributed by atoms with Crippen molar-refractivity contribution in [3.63, 3.8) is 0 Å². The molecule has 0 N–H and O–H groups in total. The fourth-order valence-corrected chi connectivity index (χ4v) is 57.3. The van der Waals surface area contributed by atoms with E-state index in [0.717, 1.165) is 20.3 Å². The summed E-state index contributed by atoms with van der Waals surface area (Å²) in [4.78, 5) is 0. The molecule has 0 nitrogen and oxygen atoms in total. The van der Waals surface area contributed by atoms with Gasteiger partial charge in [-0.15, -0.1) is 0 Å². The van der Waals surface area contributed by atoms with Gasteiger partial charge in [0.25, 0.3) is 0 Å². The Bertz CT molecular complexity index is 2550. The quantitative estimate of drug-likeness (QED) is 0.0954. The second kappa shape index (κ2) is 18.5. The molecule has 0 heterocycles. The molecule has 63 heavy (non-hydrogen) atoms. The van der Waals surface area contributed by atoms with Gasteiger partial charge < -0.3 is 0 Å². The zero-order valence-corrected chi connectivity index (χ0v) is 46.3. The van der Waals surface area contributed by atoms with Crippen molar-refractivity contribution in [2.75, 3.05) is 0 Å². The van der Waals surface area contributed by atoms with Crippen LogP contribution >= 0.6 is 34.1 Å². The molecule has 0 spiro atoms. The molecule has 10 rings (SSSR count). The number of fused-ring (bicyclic) bond motifs is 4. The van der Waals surface area contributed by atoms with E-state index in [9.17, 15) is 0 Å². The summed E-state index contributed by atoms with van der Waals surface area (Å²) in [7, 11) is 31.6. The van der Waals surface area contributed by atoms with Crippen molar-refractivity contribution in [1.82, 2.24) is 0 Å². The normalized spacial score (nSPS) is 20.5. The van der Waals surface area contributed by atoms with E-state index >= 15 is 0 Å². The molecule has 2 atom stereocenters. The predicted octanol–water partition coefficient (Wildman–Crippen LogP) is 18.5. The second-order valence-electron chi connectivity index (χ2n) is 19.9. The van der Waals surface area contributed by atoms with Gasteiger partial charge in [-0.05, 0) is 0 Å². The van der Waals surface area contributed by atoms with E-state index in [1.165, 1.54) is 141 Å². The third kappa shape index (κ3) is 8.89. The third-order valence-corrected chi connectivity index (χ3v) is 59.4. The van der Waals surface area contributed by atoms with Crippen LogP contribution in [0.3, 0.4) is 0 Å². The Labute approximate surface area is 402 Å². The van der Waals surface area contributed by atoms with E-state index < -0.39 is 45.3 Å². The second-order valence-corrected chi connectivity index (χ2v) is 57.5. The topological polar surface area (TPSA) is 0 Å². The van der Waals surface area contributed by atoms with E-state index in [4.69, 9.17) is 34.1 Å². The van der Waals surface area contributed by atoms with E-state index in [2.05, 4.69) is 147 Å². The molecule has 2 fully saturated rings. The molecular formula is C56H60Cl4SiZr2. The van der Waals surface area contributed by atoms with E-state index in [1.807, 2.05) is 0 Å². The van der Waals surface area contributed by atoms with Crippen LogP contribution in [0.4, 0.5) is 0 Å². The Balaban J connectivity index is 0.962. The minimum absolute atomic E-state index is 0.156. The molecule has 0 radical (unpaired) electrons. The molecule has 4 aliphatic rings. The molecule has 0 saturated heterocycles. The van der Waals surface area contributed by atoms with Gasteiger partial charge in [-0.25, -0.2) is 0 Å². The molecule has 324 valence electrons. The zero-order chi connectivity index (χ0) is 43.4. The summed E-state index contributed by atoms with van der Waals surface area (Å²) in [6.45, 7) is 4.82. The molecule has 0 amide bonds. The summed E-state index contributed by atoms with van der Waals surface area (Å²) in [5, 5.41) is 5.09. The standard InChI is InChI=1S/2C27H27.C2H6Si.4ClH.2Zr/c2*1-2-27(14-5-6-15-27)19-20-16-23-10-7-11-25(26(23)17-20)24-13-12-21-8-3-4-9-22(21)18-24;1-3-2;;;;;;/h2*3-4,7-13,16-18H,2,5-6,14-15,19H2,1H3;1-3H2;4*1H;;/q;;;;;;;2*+2/p-4. The van der Waals surface area contributed by atoms with Gasteiger partial charge in [-0.3, -0.25) is 0 Å². The zero-order valence-electron chi connectivity index (χ0n) is 37.0. The van der Waals surface area contributed by atoms with Crippen molar-refractivity contribution in [2.24, 2.45) is 10.8 Å². The average Bonchev–Trinajstić information content (AvgIpc) is 4.12. The molecule has 0 aromatic heterocycles. The predicted molar refractivity (Wildman–Crippen MR) is 273 cm³/mol. The summed E-state index contributed by atoms with van der Waals surface area (Å²) in [5.74, 6) is 0. The van der Waals surface area contributed by atoms with Gasteiger partial charge in [0.2, 0.25) is 0 Å². The molecule has 6 aromatic carbocycles. The first kappa shape index (κ1) is 45.3. The van der Waals surface area contributed by atoms with Crippen LogP contribution in [0.2, 0.25) is 7.50 Å². The van der Waals surface area contributed by atoms with Crippen molar-refractivity contribution < 1.29 is 35.8 Å². The fraction of sp³-hybridized carbons (Fsp3) is 0.357. The first-order valence-electron chi connectivity index (χ1n) is 23.9. The molecule has 6 aromatic rings. The summed E-state index contributed by atoms with van der Waals surface area (Å²) in [6, 6.07) is 45.1. The molecule has 4 aliphatic carbocycles. The van der Waals surface area contributed by atoms with Gasteiger partial charge >= 0.3 is 406 Å². The molecular weight excluding hydrogens is 1020 g/mol. The molecule has 2 saturated carbocycles. The van der Waals surface area contributed by atoms with Crippen LogP contribution < -0.4 is 0 Å². The Kier molecular flexibility index (Phi) is 13.3. The van der Waals surface area contributed by atoms with Crippen LogP contribution in [0.25, 0.3) is 56.0 Å². The Morgan fingerprint density at radius 2 is 0.889 bits per heavy atom.